The molecule has 0 spiro atoms. The molecule has 0 aliphatic carbocycles. The monoisotopic (exact) mass is 1210 g/mol. The number of hydrogen-bond acceptors (Lipinski definition) is 4. The molecule has 0 saturated heterocycles. The van der Waals surface area contributed by atoms with Gasteiger partial charge in [0.2, 0.25) is 0 Å². The van der Waals surface area contributed by atoms with Crippen molar-refractivity contribution in [1.29, 1.82) is 0 Å². The average molecular weight is 1210 g/mol. The summed E-state index contributed by atoms with van der Waals surface area (Å²) in [6, 6.07) is 51.5. The fourth-order valence-corrected chi connectivity index (χ4v) is 13.0. The van der Waals surface area contributed by atoms with Crippen LogP contribution in [0.2, 0.25) is 0 Å². The van der Waals surface area contributed by atoms with Crippen LogP contribution in [0.15, 0.2) is 127 Å². The summed E-state index contributed by atoms with van der Waals surface area (Å²) in [7, 11) is 0. The summed E-state index contributed by atoms with van der Waals surface area (Å²) in [6.07, 6.45) is 0. The van der Waals surface area contributed by atoms with E-state index in [0.29, 0.717) is 5.82 Å². The maximum Gasteiger partial charge on any atom is 0.252 e. The van der Waals surface area contributed by atoms with Crippen molar-refractivity contribution in [2.75, 3.05) is 9.80 Å². The number of hydrogen-bond donors (Lipinski definition) is 0. The Kier molecular flexibility index (Phi) is 16.2. The van der Waals surface area contributed by atoms with Gasteiger partial charge < -0.3 is 9.80 Å². The number of aromatic nitrogens is 2. The molecule has 0 fully saturated rings. The second-order valence-corrected chi connectivity index (χ2v) is 37.7. The Morgan fingerprint density at radius 2 is 0.495 bits per heavy atom. The summed E-state index contributed by atoms with van der Waals surface area (Å²) in [5.41, 5.74) is 27.7. The molecule has 8 aromatic rings. The molecule has 0 unspecified atom stereocenters. The van der Waals surface area contributed by atoms with E-state index in [1.165, 1.54) is 83.4 Å². The van der Waals surface area contributed by atoms with Gasteiger partial charge in [-0.25, -0.2) is 9.97 Å². The predicted octanol–water partition coefficient (Wildman–Crippen LogP) is 22.5. The first-order valence-corrected chi connectivity index (χ1v) is 34.0. The molecule has 0 radical (unpaired) electrons. The lowest BCUT2D eigenvalue weighted by atomic mass is 9.33. The van der Waals surface area contributed by atoms with Crippen molar-refractivity contribution < 1.29 is 0 Å². The van der Waals surface area contributed by atoms with E-state index in [1.807, 2.05) is 0 Å². The van der Waals surface area contributed by atoms with Crippen molar-refractivity contribution in [1.82, 2.24) is 9.97 Å². The van der Waals surface area contributed by atoms with Crippen LogP contribution in [0.5, 0.6) is 0 Å². The highest BCUT2D eigenvalue weighted by atomic mass is 15.2. The molecule has 0 N–H and O–H groups in total. The summed E-state index contributed by atoms with van der Waals surface area (Å²) in [4.78, 5) is 17.2. The van der Waals surface area contributed by atoms with E-state index in [4.69, 9.17) is 9.97 Å². The fraction of sp³-hybridized carbons (Fsp3) is 0.465. The number of nitrogens with zero attached hydrogens (tertiary/aromatic N) is 4. The zero-order valence-electron chi connectivity index (χ0n) is 62.0. The van der Waals surface area contributed by atoms with Crippen LogP contribution in [0.25, 0.3) is 33.9 Å². The van der Waals surface area contributed by atoms with Gasteiger partial charge in [-0.2, -0.15) is 0 Å². The first kappa shape index (κ1) is 67.2. The van der Waals surface area contributed by atoms with E-state index in [1.54, 1.807) is 0 Å². The van der Waals surface area contributed by atoms with E-state index >= 15 is 0 Å². The van der Waals surface area contributed by atoms with Gasteiger partial charge in [0.1, 0.15) is 0 Å². The highest BCUT2D eigenvalue weighted by Crippen LogP contribution is 2.50. The van der Waals surface area contributed by atoms with Crippen molar-refractivity contribution in [2.24, 2.45) is 0 Å². The lowest BCUT2D eigenvalue weighted by molar-refractivity contribution is 0.568. The number of fused-ring (bicyclic) bond motifs is 4. The maximum absolute atomic E-state index is 5.96. The molecular weight excluding hydrogens is 1100 g/mol. The Morgan fingerprint density at radius 3 is 0.747 bits per heavy atom. The molecule has 1 aromatic heterocycles. The van der Waals surface area contributed by atoms with E-state index in [2.05, 4.69) is 345 Å². The average Bonchev–Trinajstić information content (AvgIpc) is 0.693. The molecule has 0 atom stereocenters. The summed E-state index contributed by atoms with van der Waals surface area (Å²) in [5, 5.41) is 0. The predicted molar refractivity (Wildman–Crippen MR) is 399 cm³/mol. The first-order chi connectivity index (χ1) is 41.4. The zero-order valence-corrected chi connectivity index (χ0v) is 62.0. The van der Waals surface area contributed by atoms with Gasteiger partial charge in [0.25, 0.3) is 6.71 Å². The van der Waals surface area contributed by atoms with Crippen molar-refractivity contribution in [3.8, 4) is 33.9 Å². The molecule has 10 rings (SSSR count). The second kappa shape index (κ2) is 21.9. The SMILES string of the molecule is CC(C)(C)c1cc(-c2cc(-c3cc(C(C)(C)C)cc(C(C)(C)C)c3)nc(-c3cc4c5c(c3)N(c3cc(C(C)(C)C)cc(C(C)(C)C)c3)c3cc(C(C)(C)C)ccc3B5c3ccc(C(C)(C)C)cc3N4c3cc(C(C)(C)C)cc(C(C)(C)C)c3)n2)cc(C(C)(C)C)c1. The molecule has 4 nitrogen and oxygen atoms in total. The molecule has 5 heteroatoms. The molecule has 0 saturated carbocycles. The Morgan fingerprint density at radius 1 is 0.242 bits per heavy atom. The van der Waals surface area contributed by atoms with Gasteiger partial charge >= 0.3 is 0 Å². The van der Waals surface area contributed by atoms with Crippen molar-refractivity contribution in [3.05, 3.63) is 183 Å². The quantitative estimate of drug-likeness (QED) is 0.161. The highest BCUT2D eigenvalue weighted by molar-refractivity contribution is 7.00. The van der Waals surface area contributed by atoms with E-state index < -0.39 is 0 Å². The molecule has 0 bridgehead atoms. The van der Waals surface area contributed by atoms with Gasteiger partial charge in [0.15, 0.2) is 5.82 Å². The third-order valence-electron chi connectivity index (χ3n) is 19.5. The van der Waals surface area contributed by atoms with Gasteiger partial charge in [0.05, 0.1) is 11.4 Å². The largest absolute Gasteiger partial charge is 0.311 e. The zero-order chi connectivity index (χ0) is 67.4. The van der Waals surface area contributed by atoms with Crippen LogP contribution in [0.4, 0.5) is 34.1 Å². The second-order valence-electron chi connectivity index (χ2n) is 37.7. The topological polar surface area (TPSA) is 32.3 Å². The maximum atomic E-state index is 5.96. The minimum absolute atomic E-state index is 0.102. The highest BCUT2D eigenvalue weighted by Gasteiger charge is 2.45. The van der Waals surface area contributed by atoms with Crippen LogP contribution in [0.3, 0.4) is 0 Å². The molecule has 91 heavy (non-hydrogen) atoms. The van der Waals surface area contributed by atoms with E-state index in [9.17, 15) is 0 Å². The summed E-state index contributed by atoms with van der Waals surface area (Å²) >= 11 is 0. The summed E-state index contributed by atoms with van der Waals surface area (Å²) in [5.74, 6) is 0.695. The van der Waals surface area contributed by atoms with E-state index in [0.717, 1.165) is 50.8 Å². The van der Waals surface area contributed by atoms with Crippen LogP contribution >= 0.6 is 0 Å². The van der Waals surface area contributed by atoms with Crippen LogP contribution in [0.1, 0.15) is 263 Å². The molecule has 3 heterocycles. The lowest BCUT2D eigenvalue weighted by Crippen LogP contribution is -2.61. The van der Waals surface area contributed by atoms with Crippen LogP contribution in [0, 0.1) is 0 Å². The standard InChI is InChI=1S/C86H111BN4/c1-77(2,3)55-31-33-67-71(49-55)90(65-45-61(83(19,20)21)43-62(46-65)84(22,23)24)73-39-54(40-74-75(73)87(67)68-34-32-56(78(4,5)6)50-72(68)91(74)66-47-63(85(25,26)27)44-64(48-66)86(28,29)30)76-88-69(52-35-57(79(7,8)9)41-58(36-52)80(10,11)12)51-70(89-76)53-37-59(81(13,14)15)42-60(38-53)82(16,17)18/h31-51H,1-30H3. The fourth-order valence-electron chi connectivity index (χ4n) is 13.0. The molecule has 2 aliphatic heterocycles. The van der Waals surface area contributed by atoms with E-state index in [-0.39, 0.29) is 60.9 Å². The molecule has 7 aromatic carbocycles. The van der Waals surface area contributed by atoms with Gasteiger partial charge in [-0.1, -0.05) is 256 Å². The van der Waals surface area contributed by atoms with Crippen LogP contribution < -0.4 is 26.2 Å². The van der Waals surface area contributed by atoms with Gasteiger partial charge in [0, 0.05) is 50.8 Å². The molecule has 2 aliphatic rings. The minimum Gasteiger partial charge on any atom is -0.311 e. The van der Waals surface area contributed by atoms with Gasteiger partial charge in [-0.15, -0.1) is 0 Å². The Hall–Kier alpha value is -6.72. The molecule has 478 valence electrons. The van der Waals surface area contributed by atoms with Crippen LogP contribution in [-0.4, -0.2) is 16.7 Å². The normalized spacial score (nSPS) is 14.4. The third kappa shape index (κ3) is 13.3. The summed E-state index contributed by atoms with van der Waals surface area (Å²) < 4.78 is 0. The Balaban J connectivity index is 1.45. The Labute approximate surface area is 552 Å². The minimum atomic E-state index is -0.131. The van der Waals surface area contributed by atoms with Crippen molar-refractivity contribution in [2.45, 2.75) is 262 Å². The van der Waals surface area contributed by atoms with Crippen molar-refractivity contribution in [3.63, 3.8) is 0 Å². The first-order valence-electron chi connectivity index (χ1n) is 34.0. The van der Waals surface area contributed by atoms with Crippen LogP contribution in [-0.2, 0) is 54.1 Å². The lowest BCUT2D eigenvalue weighted by Gasteiger charge is -2.45. The third-order valence-corrected chi connectivity index (χ3v) is 19.5. The number of benzene rings is 7. The summed E-state index contributed by atoms with van der Waals surface area (Å²) in [6.45, 7) is 70.4. The smallest absolute Gasteiger partial charge is 0.252 e. The van der Waals surface area contributed by atoms with Gasteiger partial charge in [-0.05, 0) is 205 Å². The number of anilines is 6. The van der Waals surface area contributed by atoms with Crippen molar-refractivity contribution >= 4 is 57.2 Å². The Bertz CT molecular complexity index is 3760. The molecular formula is C86H111BN4. The molecule has 0 amide bonds. The van der Waals surface area contributed by atoms with Gasteiger partial charge in [-0.3, -0.25) is 0 Å². The number of rotatable bonds is 5.